The molecular formula is C37H63NO45S6. The second-order valence-corrected chi connectivity index (χ2v) is 25.1. The van der Waals surface area contributed by atoms with Gasteiger partial charge in [-0.25, -0.2) is 34.7 Å². The van der Waals surface area contributed by atoms with Crippen LogP contribution in [0.3, 0.4) is 0 Å². The Bertz CT molecular complexity index is 3050. The highest BCUT2D eigenvalue weighted by atomic mass is 32.3. The van der Waals surface area contributed by atoms with Gasteiger partial charge in [-0.05, 0) is 0 Å². The first-order valence-electron chi connectivity index (χ1n) is 24.3. The van der Waals surface area contributed by atoms with Gasteiger partial charge in [-0.2, -0.15) is 50.5 Å². The lowest BCUT2D eigenvalue weighted by molar-refractivity contribution is -0.386. The number of hydrogen-bond donors (Lipinski definition) is 10. The summed E-state index contributed by atoms with van der Waals surface area (Å²) in [5, 5.41) is 31.9. The number of carboxylic acid groups (broad SMARTS) is 2. The molecule has 5 rings (SSSR count). The predicted octanol–water partition coefficient (Wildman–Crippen LogP) is -8.23. The number of aliphatic carboxylic acids is 2. The van der Waals surface area contributed by atoms with Crippen LogP contribution in [-0.2, 0) is 173 Å². The van der Waals surface area contributed by atoms with Gasteiger partial charge in [0.25, 0.3) is 0 Å². The number of hydrogen-bond acceptors (Lipinski definition) is 38. The highest BCUT2D eigenvalue weighted by molar-refractivity contribution is 7.82. The van der Waals surface area contributed by atoms with Crippen molar-refractivity contribution >= 4 is 74.3 Å². The van der Waals surface area contributed by atoms with Gasteiger partial charge in [-0.3, -0.25) is 27.3 Å². The summed E-state index contributed by atoms with van der Waals surface area (Å²) in [6.45, 7) is -4.06. The first kappa shape index (κ1) is 77.1. The Morgan fingerprint density at radius 2 is 0.640 bits per heavy atom. The van der Waals surface area contributed by atoms with E-state index in [1.807, 2.05) is 0 Å². The van der Waals surface area contributed by atoms with E-state index in [0.717, 1.165) is 49.8 Å². The molecule has 0 radical (unpaired) electrons. The van der Waals surface area contributed by atoms with Gasteiger partial charge in [0, 0.05) is 49.8 Å². The van der Waals surface area contributed by atoms with Gasteiger partial charge >= 0.3 is 74.3 Å². The van der Waals surface area contributed by atoms with Crippen molar-refractivity contribution in [2.24, 2.45) is 5.73 Å². The lowest BCUT2D eigenvalue weighted by Gasteiger charge is -2.51. The third-order valence-corrected chi connectivity index (χ3v) is 16.0. The van der Waals surface area contributed by atoms with E-state index >= 15 is 0 Å². The number of aliphatic hydroxyl groups is 1. The number of rotatable bonds is 32. The number of ether oxygens (including phenoxy) is 16. The molecule has 0 aromatic carbocycles. The van der Waals surface area contributed by atoms with Crippen LogP contribution in [0.2, 0.25) is 0 Å². The Morgan fingerprint density at radius 3 is 1.00 bits per heavy atom. The molecule has 0 saturated carbocycles. The lowest BCUT2D eigenvalue weighted by Crippen LogP contribution is -2.70. The number of aliphatic hydroxyl groups excluding tert-OH is 1. The van der Waals surface area contributed by atoms with Gasteiger partial charge in [0.15, 0.2) is 55.9 Å². The third kappa shape index (κ3) is 21.0. The Morgan fingerprint density at radius 1 is 0.348 bits per heavy atom. The van der Waals surface area contributed by atoms with Crippen LogP contribution >= 0.6 is 0 Å². The van der Waals surface area contributed by atoms with E-state index < -0.39 is 248 Å². The Balaban J connectivity index is 1.59. The van der Waals surface area contributed by atoms with Crippen molar-refractivity contribution in [1.82, 2.24) is 0 Å². The van der Waals surface area contributed by atoms with Crippen molar-refractivity contribution in [3.8, 4) is 0 Å². The molecule has 25 atom stereocenters. The summed E-state index contributed by atoms with van der Waals surface area (Å²) in [5.41, 5.74) is 6.38. The number of nitrogens with two attached hydrogens (primary N) is 1. The second kappa shape index (κ2) is 31.3. The van der Waals surface area contributed by atoms with Crippen LogP contribution in [0.25, 0.3) is 0 Å². The van der Waals surface area contributed by atoms with Crippen molar-refractivity contribution in [2.45, 2.75) is 153 Å². The highest BCUT2D eigenvalue weighted by Crippen LogP contribution is 2.40. The summed E-state index contributed by atoms with van der Waals surface area (Å²) in [6, 6.07) is -1.50. The Labute approximate surface area is 504 Å². The molecule has 5 aliphatic rings. The molecule has 0 unspecified atom stereocenters. The van der Waals surface area contributed by atoms with Crippen molar-refractivity contribution in [3.05, 3.63) is 0 Å². The smallest absolute Gasteiger partial charge is 0.397 e. The van der Waals surface area contributed by atoms with Gasteiger partial charge in [0.1, 0.15) is 91.6 Å². The zero-order valence-corrected chi connectivity index (χ0v) is 51.2. The first-order chi connectivity index (χ1) is 41.0. The number of methoxy groups -OCH3 is 7. The molecule has 522 valence electrons. The van der Waals surface area contributed by atoms with Crippen LogP contribution in [0, 0.1) is 0 Å². The molecular weight excluding hydrogens is 1370 g/mol. The number of carboxylic acids is 2. The molecule has 11 N–H and O–H groups in total. The summed E-state index contributed by atoms with van der Waals surface area (Å²) in [6.07, 6.45) is -54.1. The largest absolute Gasteiger partial charge is 0.479 e. The Kier molecular flexibility index (Phi) is 27.2. The van der Waals surface area contributed by atoms with E-state index in [9.17, 15) is 103 Å². The van der Waals surface area contributed by atoms with E-state index in [-0.39, 0.29) is 0 Å². The van der Waals surface area contributed by atoms with Gasteiger partial charge in [0.2, 0.25) is 0 Å². The van der Waals surface area contributed by atoms with E-state index in [4.69, 9.17) is 89.9 Å². The summed E-state index contributed by atoms with van der Waals surface area (Å²) in [7, 11) is -27.6. The van der Waals surface area contributed by atoms with Crippen LogP contribution in [0.1, 0.15) is 0 Å². The zero-order valence-electron chi connectivity index (χ0n) is 46.3. The maximum Gasteiger partial charge on any atom is 0.397 e. The predicted molar refractivity (Wildman–Crippen MR) is 266 cm³/mol. The molecule has 0 aromatic rings. The topological polar surface area (TPSA) is 650 Å². The minimum Gasteiger partial charge on any atom is -0.479 e. The average molecular weight is 1430 g/mol. The molecule has 5 heterocycles. The average Bonchev–Trinajstić information content (AvgIpc) is 0.832. The van der Waals surface area contributed by atoms with E-state index in [0.29, 0.717) is 0 Å². The van der Waals surface area contributed by atoms with Gasteiger partial charge < -0.3 is 96.8 Å². The molecule has 89 heavy (non-hydrogen) atoms. The monoisotopic (exact) mass is 1430 g/mol. The van der Waals surface area contributed by atoms with Crippen molar-refractivity contribution in [1.29, 1.82) is 0 Å². The van der Waals surface area contributed by atoms with E-state index in [2.05, 4.69) is 16.7 Å². The van der Waals surface area contributed by atoms with Crippen LogP contribution < -0.4 is 5.73 Å². The molecule has 46 nitrogen and oxygen atoms in total. The third-order valence-electron chi connectivity index (χ3n) is 13.3. The number of carbonyl (C=O) groups is 2. The summed E-state index contributed by atoms with van der Waals surface area (Å²) in [4.78, 5) is 26.4. The fraction of sp³-hybridized carbons (Fsp3) is 0.946. The molecule has 0 spiro atoms. The summed E-state index contributed by atoms with van der Waals surface area (Å²) < 4.78 is 320. The lowest BCUT2D eigenvalue weighted by atomic mass is 9.94. The SMILES string of the molecule is CO[C@@H]1[C@@H](OC)[C@H](O[C@H]2[C@H](OS(=O)(=O)O)[C@@H](OS(=O)(=O)O)[C@@H](O[C@H]3[C@H](OC)[C@@H](OC)[C@@H](O[C@H]4[C@H](OC)[C@@H](OS(=O)(=O)O)[C@@H](O)O[C@@H]4COS(=O)(=O)O)O[C@@H]3C(=O)O)O[C@@H]2COS(=O)(=O)O)O[C@H](C(=O)O)[C@H]1O[C@H]1O[C@H](COS(=O)(=O)O)[C@@H](OC)[C@H](OC)[C@H]1N. The van der Waals surface area contributed by atoms with Gasteiger partial charge in [-0.1, -0.05) is 0 Å². The standard InChI is InChI=1S/C37H63NO45S6/c1-62-15-11(8-69-84(44,45)46)73-34(14(38)18(15)63-2)77-22-20(65-4)28(67-6)36(79-25(22)31(39)40)76-17-13(10-71-86(50,51)52)74-37(30(83-89(59,60)61)24(17)81-87(53,54)55)78-23-21(66-5)29(68-7)35(80-26(23)32(41)42)75-16-12(9-70-85(47,48)49)72-33(43)27(19(16)64-3)82-88(56,57)58/h11-30,33-37,43H,8-10,38H2,1-7H3,(H,39,40)(H,41,42)(H,44,45,46)(H,47,48,49)(H,50,51,52)(H,53,54,55)(H,56,57,58)(H,59,60,61)/t11-,12-,13-,14-,15-,16-,17-,18-,19+,20+,21+,22+,23+,24+,25+,26+,27-,28-,29-,30-,33+,34-,35+,36-,37-/m1/s1. The van der Waals surface area contributed by atoms with Crippen molar-refractivity contribution < 1.29 is 204 Å². The van der Waals surface area contributed by atoms with Gasteiger partial charge in [0.05, 0.1) is 25.9 Å². The normalized spacial score (nSPS) is 38.9. The fourth-order valence-corrected chi connectivity index (χ4v) is 12.3. The summed E-state index contributed by atoms with van der Waals surface area (Å²) >= 11 is 0. The minimum absolute atomic E-state index is 0.794. The zero-order chi connectivity index (χ0) is 67.3. The van der Waals surface area contributed by atoms with Crippen molar-refractivity contribution in [3.63, 3.8) is 0 Å². The van der Waals surface area contributed by atoms with Crippen LogP contribution in [0.5, 0.6) is 0 Å². The second-order valence-electron chi connectivity index (χ2n) is 18.7. The first-order valence-corrected chi connectivity index (χ1v) is 32.5. The van der Waals surface area contributed by atoms with Crippen LogP contribution in [0.15, 0.2) is 0 Å². The van der Waals surface area contributed by atoms with E-state index in [1.165, 1.54) is 0 Å². The summed E-state index contributed by atoms with van der Waals surface area (Å²) in [5.74, 6) is -4.14. The molecule has 5 fully saturated rings. The highest BCUT2D eigenvalue weighted by Gasteiger charge is 2.62. The molecule has 5 saturated heterocycles. The molecule has 0 aromatic heterocycles. The van der Waals surface area contributed by atoms with Crippen LogP contribution in [-0.4, -0.2) is 328 Å². The van der Waals surface area contributed by atoms with E-state index in [1.54, 1.807) is 0 Å². The minimum atomic E-state index is -6.14. The Hall–Kier alpha value is -2.56. The van der Waals surface area contributed by atoms with Crippen molar-refractivity contribution in [2.75, 3.05) is 69.6 Å². The van der Waals surface area contributed by atoms with Gasteiger partial charge in [-0.15, -0.1) is 0 Å². The molecule has 0 aliphatic carbocycles. The quantitative estimate of drug-likeness (QED) is 0.0280. The molecule has 5 aliphatic heterocycles. The molecule has 0 amide bonds. The molecule has 0 bridgehead atoms. The molecule has 52 heteroatoms. The maximum atomic E-state index is 13.2. The van der Waals surface area contributed by atoms with Crippen LogP contribution in [0.4, 0.5) is 0 Å². The fourth-order valence-electron chi connectivity index (χ4n) is 9.89. The maximum absolute atomic E-state index is 13.2.